The first kappa shape index (κ1) is 16.0. The Balaban J connectivity index is 1.93. The van der Waals surface area contributed by atoms with Gasteiger partial charge in [-0.25, -0.2) is 0 Å². The van der Waals surface area contributed by atoms with E-state index in [0.29, 0.717) is 22.5 Å². The van der Waals surface area contributed by atoms with Crippen LogP contribution in [-0.2, 0) is 4.79 Å². The van der Waals surface area contributed by atoms with Gasteiger partial charge in [0.25, 0.3) is 0 Å². The van der Waals surface area contributed by atoms with E-state index in [1.807, 2.05) is 0 Å². The smallest absolute Gasteiger partial charge is 0.136 e. The summed E-state index contributed by atoms with van der Waals surface area (Å²) < 4.78 is 0. The fourth-order valence-corrected chi connectivity index (χ4v) is 5.06. The van der Waals surface area contributed by atoms with Crippen LogP contribution in [0, 0.1) is 28.6 Å². The Morgan fingerprint density at radius 3 is 2.65 bits per heavy atom. The molecule has 0 unspecified atom stereocenters. The highest BCUT2D eigenvalue weighted by atomic mass is 16.1. The van der Waals surface area contributed by atoms with Crippen molar-refractivity contribution in [3.8, 4) is 0 Å². The van der Waals surface area contributed by atoms with Crippen molar-refractivity contribution in [1.29, 1.82) is 0 Å². The maximum atomic E-state index is 12.2. The Morgan fingerprint density at radius 1 is 1.30 bits per heavy atom. The molecule has 2 rings (SSSR count). The minimum absolute atomic E-state index is 0.330. The first-order chi connectivity index (χ1) is 9.24. The third-order valence-electron chi connectivity index (χ3n) is 6.21. The molecule has 0 saturated heterocycles. The number of fused-ring (bicyclic) bond motifs is 1. The van der Waals surface area contributed by atoms with Crippen molar-refractivity contribution in [1.82, 2.24) is 0 Å². The number of hydrogen-bond donors (Lipinski definition) is 0. The van der Waals surface area contributed by atoms with Gasteiger partial charge in [-0.1, -0.05) is 47.5 Å². The minimum atomic E-state index is 0.330. The average Bonchev–Trinajstić information content (AvgIpc) is 2.66. The van der Waals surface area contributed by atoms with E-state index < -0.39 is 0 Å². The number of rotatable bonds is 4. The zero-order valence-corrected chi connectivity index (χ0v) is 14.3. The molecule has 0 heterocycles. The van der Waals surface area contributed by atoms with Gasteiger partial charge in [0.05, 0.1) is 0 Å². The van der Waals surface area contributed by atoms with Gasteiger partial charge >= 0.3 is 0 Å². The fraction of sp³-hybridized carbons (Fsp3) is 0.947. The normalized spacial score (nSPS) is 36.0. The van der Waals surface area contributed by atoms with E-state index in [9.17, 15) is 4.79 Å². The molecule has 20 heavy (non-hydrogen) atoms. The van der Waals surface area contributed by atoms with E-state index in [-0.39, 0.29) is 0 Å². The van der Waals surface area contributed by atoms with E-state index in [1.165, 1.54) is 38.5 Å². The van der Waals surface area contributed by atoms with Gasteiger partial charge < -0.3 is 0 Å². The lowest BCUT2D eigenvalue weighted by Crippen LogP contribution is -2.39. The van der Waals surface area contributed by atoms with E-state index in [4.69, 9.17) is 0 Å². The summed E-state index contributed by atoms with van der Waals surface area (Å²) in [5, 5.41) is 0. The lowest BCUT2D eigenvalue weighted by molar-refractivity contribution is -0.130. The average molecular weight is 278 g/mol. The summed E-state index contributed by atoms with van der Waals surface area (Å²) in [6, 6.07) is 0. The molecule has 0 bridgehead atoms. The second-order valence-corrected chi connectivity index (χ2v) is 8.99. The fourth-order valence-electron chi connectivity index (χ4n) is 5.06. The Bertz CT molecular complexity index is 351. The Hall–Kier alpha value is -0.330. The number of carbonyl (C=O) groups is 1. The van der Waals surface area contributed by atoms with Gasteiger partial charge in [-0.3, -0.25) is 4.79 Å². The zero-order chi connectivity index (χ0) is 15.0. The van der Waals surface area contributed by atoms with Gasteiger partial charge in [-0.15, -0.1) is 0 Å². The third-order valence-corrected chi connectivity index (χ3v) is 6.21. The van der Waals surface area contributed by atoms with Crippen molar-refractivity contribution < 1.29 is 4.79 Å². The van der Waals surface area contributed by atoms with Gasteiger partial charge in [-0.2, -0.15) is 0 Å². The summed E-state index contributed by atoms with van der Waals surface area (Å²) in [4.78, 5) is 12.2. The van der Waals surface area contributed by atoms with Crippen molar-refractivity contribution in [2.24, 2.45) is 28.6 Å². The Morgan fingerprint density at radius 2 is 2.00 bits per heavy atom. The second-order valence-electron chi connectivity index (χ2n) is 8.99. The number of Topliss-reactive ketones (excluding diaryl/α,β-unsaturated/α-hetero) is 1. The maximum absolute atomic E-state index is 12.2. The van der Waals surface area contributed by atoms with Crippen LogP contribution in [0.1, 0.15) is 86.0 Å². The Kier molecular flexibility index (Phi) is 4.66. The first-order valence-electron chi connectivity index (χ1n) is 8.77. The van der Waals surface area contributed by atoms with E-state index in [1.54, 1.807) is 0 Å². The van der Waals surface area contributed by atoms with Gasteiger partial charge in [0.15, 0.2) is 0 Å². The molecule has 0 aromatic rings. The van der Waals surface area contributed by atoms with Crippen molar-refractivity contribution >= 4 is 5.78 Å². The summed E-state index contributed by atoms with van der Waals surface area (Å²) in [6.07, 6.45) is 9.75. The Labute approximate surface area is 125 Å². The molecule has 0 radical (unpaired) electrons. The molecule has 1 nitrogen and oxygen atoms in total. The zero-order valence-electron chi connectivity index (χ0n) is 14.3. The van der Waals surface area contributed by atoms with Gasteiger partial charge in [-0.05, 0) is 54.8 Å². The SMILES string of the molecule is C[C@H](CCCC(C)(C)C)[C@H]1CC[C@@H]2C(=O)CCC[C@@]21C. The molecule has 1 heteroatoms. The highest BCUT2D eigenvalue weighted by Crippen LogP contribution is 2.57. The minimum Gasteiger partial charge on any atom is -0.299 e. The lowest BCUT2D eigenvalue weighted by atomic mass is 9.62. The van der Waals surface area contributed by atoms with Crippen LogP contribution in [0.25, 0.3) is 0 Å². The quantitative estimate of drug-likeness (QED) is 0.652. The van der Waals surface area contributed by atoms with E-state index in [2.05, 4.69) is 34.6 Å². The van der Waals surface area contributed by atoms with E-state index in [0.717, 1.165) is 24.7 Å². The molecule has 2 aliphatic rings. The van der Waals surface area contributed by atoms with Crippen LogP contribution in [0.3, 0.4) is 0 Å². The summed E-state index contributed by atoms with van der Waals surface area (Å²) in [5.41, 5.74) is 0.791. The maximum Gasteiger partial charge on any atom is 0.136 e. The molecule has 0 aromatic carbocycles. The molecule has 2 saturated carbocycles. The van der Waals surface area contributed by atoms with Crippen LogP contribution in [0.15, 0.2) is 0 Å². The standard InChI is InChI=1S/C19H34O/c1-14(8-6-12-18(2,3)4)15-10-11-16-17(20)9-7-13-19(15,16)5/h14-16H,6-13H2,1-5H3/t14-,15-,16-,19-/m1/s1. The van der Waals surface area contributed by atoms with Crippen molar-refractivity contribution in [2.75, 3.05) is 0 Å². The first-order valence-corrected chi connectivity index (χ1v) is 8.77. The van der Waals surface area contributed by atoms with E-state index >= 15 is 0 Å². The molecule has 0 N–H and O–H groups in total. The molecule has 0 spiro atoms. The molecule has 0 amide bonds. The topological polar surface area (TPSA) is 17.1 Å². The molecule has 2 aliphatic carbocycles. The number of hydrogen-bond acceptors (Lipinski definition) is 1. The van der Waals surface area contributed by atoms with Gasteiger partial charge in [0.2, 0.25) is 0 Å². The molecular formula is C19H34O. The molecule has 116 valence electrons. The second kappa shape index (κ2) is 5.81. The molecule has 4 atom stereocenters. The molecule has 0 aliphatic heterocycles. The third kappa shape index (κ3) is 3.28. The van der Waals surface area contributed by atoms with Crippen LogP contribution >= 0.6 is 0 Å². The van der Waals surface area contributed by atoms with Crippen LogP contribution in [0.2, 0.25) is 0 Å². The van der Waals surface area contributed by atoms with Crippen LogP contribution in [0.5, 0.6) is 0 Å². The predicted molar refractivity (Wildman–Crippen MR) is 85.6 cm³/mol. The summed E-state index contributed by atoms with van der Waals surface area (Å²) >= 11 is 0. The van der Waals surface area contributed by atoms with Crippen molar-refractivity contribution in [3.63, 3.8) is 0 Å². The number of ketones is 1. The van der Waals surface area contributed by atoms with Gasteiger partial charge in [0.1, 0.15) is 5.78 Å². The lowest BCUT2D eigenvalue weighted by Gasteiger charge is -2.42. The molecule has 0 aromatic heterocycles. The van der Waals surface area contributed by atoms with Crippen molar-refractivity contribution in [3.05, 3.63) is 0 Å². The molecule has 2 fully saturated rings. The highest BCUT2D eigenvalue weighted by molar-refractivity contribution is 5.83. The molecular weight excluding hydrogens is 244 g/mol. The van der Waals surface area contributed by atoms with Crippen LogP contribution in [0.4, 0.5) is 0 Å². The predicted octanol–water partition coefficient (Wildman–Crippen LogP) is 5.62. The summed E-state index contributed by atoms with van der Waals surface area (Å²) in [5.74, 6) is 2.55. The summed E-state index contributed by atoms with van der Waals surface area (Å²) in [7, 11) is 0. The highest BCUT2D eigenvalue weighted by Gasteiger charge is 2.52. The monoisotopic (exact) mass is 278 g/mol. The van der Waals surface area contributed by atoms with Gasteiger partial charge in [0, 0.05) is 12.3 Å². The summed E-state index contributed by atoms with van der Waals surface area (Å²) in [6.45, 7) is 11.9. The van der Waals surface area contributed by atoms with Crippen molar-refractivity contribution in [2.45, 2.75) is 86.0 Å². The largest absolute Gasteiger partial charge is 0.299 e. The number of carbonyl (C=O) groups excluding carboxylic acids is 1. The van der Waals surface area contributed by atoms with Crippen LogP contribution in [-0.4, -0.2) is 5.78 Å². The van der Waals surface area contributed by atoms with Crippen LogP contribution < -0.4 is 0 Å².